The van der Waals surface area contributed by atoms with Crippen LogP contribution in [-0.2, 0) is 23.1 Å². The molecular formula is C31H32ClFN10O3. The van der Waals surface area contributed by atoms with Crippen molar-refractivity contribution in [1.82, 2.24) is 25.1 Å². The number of nitrogens with one attached hydrogen (secondary N) is 3. The van der Waals surface area contributed by atoms with Crippen LogP contribution in [0.4, 0.5) is 43.8 Å². The van der Waals surface area contributed by atoms with Crippen LogP contribution in [0.15, 0.2) is 36.5 Å². The number of anilines is 6. The molecule has 46 heavy (non-hydrogen) atoms. The molecule has 3 N–H and O–H groups in total. The summed E-state index contributed by atoms with van der Waals surface area (Å²) in [6.07, 6.45) is 2.56. The fourth-order valence-electron chi connectivity index (χ4n) is 6.37. The van der Waals surface area contributed by atoms with E-state index >= 15 is 4.39 Å². The summed E-state index contributed by atoms with van der Waals surface area (Å²) in [5, 5.41) is 14.7. The number of fused-ring (bicyclic) bond motifs is 2. The van der Waals surface area contributed by atoms with E-state index in [9.17, 15) is 14.4 Å². The lowest BCUT2D eigenvalue weighted by Crippen LogP contribution is -2.49. The van der Waals surface area contributed by atoms with Gasteiger partial charge in [-0.3, -0.25) is 24.5 Å². The first-order valence-electron chi connectivity index (χ1n) is 15.0. The highest BCUT2D eigenvalue weighted by atomic mass is 35.5. The minimum Gasteiger partial charge on any atom is -0.382 e. The van der Waals surface area contributed by atoms with E-state index in [4.69, 9.17) is 11.6 Å². The molecule has 2 aromatic carbocycles. The number of aryl methyl sites for hydroxylation is 1. The van der Waals surface area contributed by atoms with Crippen molar-refractivity contribution in [2.45, 2.75) is 32.2 Å². The lowest BCUT2D eigenvalue weighted by molar-refractivity contribution is -0.120. The number of amides is 4. The molecule has 4 aromatic rings. The maximum atomic E-state index is 15.3. The Kier molecular flexibility index (Phi) is 7.38. The number of halogens is 2. The molecule has 5 heterocycles. The van der Waals surface area contributed by atoms with Gasteiger partial charge in [0.2, 0.25) is 17.8 Å². The first-order valence-corrected chi connectivity index (χ1v) is 15.4. The molecule has 13 nitrogen and oxygen atoms in total. The van der Waals surface area contributed by atoms with Gasteiger partial charge in [-0.1, -0.05) is 18.5 Å². The highest BCUT2D eigenvalue weighted by molar-refractivity contribution is 6.33. The number of hydrogen-bond donors (Lipinski definition) is 3. The summed E-state index contributed by atoms with van der Waals surface area (Å²) >= 11 is 6.41. The van der Waals surface area contributed by atoms with E-state index in [1.807, 2.05) is 25.2 Å². The van der Waals surface area contributed by atoms with Crippen molar-refractivity contribution < 1.29 is 18.8 Å². The van der Waals surface area contributed by atoms with Crippen molar-refractivity contribution in [1.29, 1.82) is 0 Å². The quantitative estimate of drug-likeness (QED) is 0.281. The number of likely N-dealkylation sites (N-methyl/N-ethyl adjacent to an activating group) is 1. The van der Waals surface area contributed by atoms with Crippen LogP contribution in [-0.4, -0.2) is 70.3 Å². The van der Waals surface area contributed by atoms with E-state index in [-0.39, 0.29) is 59.7 Å². The number of nitrogens with zero attached hydrogens (tertiary/aromatic N) is 7. The van der Waals surface area contributed by atoms with Crippen molar-refractivity contribution >= 4 is 75.0 Å². The van der Waals surface area contributed by atoms with E-state index in [1.165, 1.54) is 16.0 Å². The van der Waals surface area contributed by atoms with Gasteiger partial charge in [-0.25, -0.2) is 14.2 Å². The third-order valence-corrected chi connectivity index (χ3v) is 9.22. The molecule has 2 aromatic heterocycles. The Morgan fingerprint density at radius 3 is 2.72 bits per heavy atom. The zero-order valence-electron chi connectivity index (χ0n) is 25.5. The highest BCUT2D eigenvalue weighted by Crippen LogP contribution is 2.36. The number of benzene rings is 2. The van der Waals surface area contributed by atoms with Crippen molar-refractivity contribution in [2.75, 3.05) is 52.0 Å². The average Bonchev–Trinajstić information content (AvgIpc) is 3.51. The van der Waals surface area contributed by atoms with Crippen LogP contribution >= 0.6 is 11.6 Å². The van der Waals surface area contributed by atoms with Gasteiger partial charge in [0.1, 0.15) is 5.02 Å². The number of rotatable bonds is 6. The van der Waals surface area contributed by atoms with Gasteiger partial charge in [0, 0.05) is 62.8 Å². The van der Waals surface area contributed by atoms with Crippen molar-refractivity contribution in [3.8, 4) is 0 Å². The van der Waals surface area contributed by atoms with E-state index < -0.39 is 11.8 Å². The Bertz CT molecular complexity index is 1920. The van der Waals surface area contributed by atoms with Crippen LogP contribution in [0.5, 0.6) is 0 Å². The van der Waals surface area contributed by atoms with E-state index in [2.05, 4.69) is 42.8 Å². The van der Waals surface area contributed by atoms with Gasteiger partial charge in [-0.2, -0.15) is 10.1 Å². The summed E-state index contributed by atoms with van der Waals surface area (Å²) in [7, 11) is 3.46. The lowest BCUT2D eigenvalue weighted by Gasteiger charge is -2.37. The number of carbonyl (C=O) groups excluding carboxylic acids is 3. The molecule has 0 spiro atoms. The fourth-order valence-corrected chi connectivity index (χ4v) is 6.51. The van der Waals surface area contributed by atoms with Gasteiger partial charge < -0.3 is 20.4 Å². The molecule has 2 saturated heterocycles. The van der Waals surface area contributed by atoms with Crippen LogP contribution in [0, 0.1) is 11.7 Å². The third kappa shape index (κ3) is 5.21. The summed E-state index contributed by atoms with van der Waals surface area (Å²) in [6, 6.07) is 8.94. The van der Waals surface area contributed by atoms with Crippen molar-refractivity contribution in [3.05, 3.63) is 52.9 Å². The number of urea groups is 1. The smallest absolute Gasteiger partial charge is 0.329 e. The largest absolute Gasteiger partial charge is 0.382 e. The number of carbonyl (C=O) groups is 3. The van der Waals surface area contributed by atoms with Gasteiger partial charge in [0.05, 0.1) is 29.5 Å². The zero-order chi connectivity index (χ0) is 32.3. The molecule has 15 heteroatoms. The topological polar surface area (TPSA) is 141 Å². The summed E-state index contributed by atoms with van der Waals surface area (Å²) in [4.78, 5) is 50.2. The predicted octanol–water partition coefficient (Wildman–Crippen LogP) is 4.19. The molecule has 0 aliphatic carbocycles. The van der Waals surface area contributed by atoms with Gasteiger partial charge in [-0.05, 0) is 42.7 Å². The molecule has 2 fully saturated rings. The molecule has 0 bridgehead atoms. The molecular weight excluding hydrogens is 615 g/mol. The normalized spacial score (nSPS) is 19.9. The molecule has 3 aliphatic rings. The maximum absolute atomic E-state index is 15.3. The summed E-state index contributed by atoms with van der Waals surface area (Å²) in [6.45, 7) is 3.81. The molecule has 4 amide bonds. The molecule has 3 aliphatic heterocycles. The third-order valence-electron chi connectivity index (χ3n) is 8.95. The van der Waals surface area contributed by atoms with E-state index in [0.29, 0.717) is 36.1 Å². The Labute approximate surface area is 268 Å². The number of imide groups is 1. The number of piperidine rings is 1. The van der Waals surface area contributed by atoms with Crippen LogP contribution in [0.2, 0.25) is 5.02 Å². The van der Waals surface area contributed by atoms with Gasteiger partial charge in [-0.15, -0.1) is 0 Å². The minimum atomic E-state index is -0.499. The van der Waals surface area contributed by atoms with Crippen LogP contribution in [0.1, 0.15) is 25.3 Å². The maximum Gasteiger partial charge on any atom is 0.329 e. The summed E-state index contributed by atoms with van der Waals surface area (Å²) < 4.78 is 17.0. The van der Waals surface area contributed by atoms with Crippen LogP contribution < -0.4 is 30.7 Å². The number of aromatic nitrogens is 4. The van der Waals surface area contributed by atoms with Gasteiger partial charge in [0.15, 0.2) is 17.5 Å². The molecule has 0 saturated carbocycles. The van der Waals surface area contributed by atoms with Crippen LogP contribution in [0.3, 0.4) is 0 Å². The van der Waals surface area contributed by atoms with Crippen molar-refractivity contribution in [2.24, 2.45) is 13.0 Å². The van der Waals surface area contributed by atoms with E-state index in [0.717, 1.165) is 23.0 Å². The second-order valence-corrected chi connectivity index (χ2v) is 12.3. The SMILES string of the molecule is C[C@@H]1CN(c2ncc(Cl)c(Nc3ccc4c(c3F)CC(=O)N4C)n2)CC[C@H]1Nc1ccc2c(N3CCC(=O)NC3=O)nn(C)c2c1. The van der Waals surface area contributed by atoms with E-state index in [1.54, 1.807) is 23.9 Å². The lowest BCUT2D eigenvalue weighted by atomic mass is 9.93. The Morgan fingerprint density at radius 2 is 1.93 bits per heavy atom. The van der Waals surface area contributed by atoms with Gasteiger partial charge in [0.25, 0.3) is 0 Å². The average molecular weight is 647 g/mol. The Morgan fingerprint density at radius 1 is 1.11 bits per heavy atom. The van der Waals surface area contributed by atoms with Crippen molar-refractivity contribution in [3.63, 3.8) is 0 Å². The first-order chi connectivity index (χ1) is 22.1. The standard InChI is InChI=1S/C31H32ClFN10O3/c1-16-15-42(30-34-14-20(32)28(38-30)36-22-6-7-23-19(27(22)33)13-26(45)40(23)2)10-8-21(16)35-17-4-5-18-24(12-17)41(3)39-29(18)43-11-9-25(44)37-31(43)46/h4-7,12,14,16,21,35H,8-11,13,15H2,1-3H3,(H,34,36,38)(H,37,44,46)/t16-,21-/m1/s1. The van der Waals surface area contributed by atoms with Gasteiger partial charge >= 0.3 is 6.03 Å². The first kappa shape index (κ1) is 29.7. The summed E-state index contributed by atoms with van der Waals surface area (Å²) in [5.41, 5.74) is 2.90. The zero-order valence-corrected chi connectivity index (χ0v) is 26.2. The highest BCUT2D eigenvalue weighted by Gasteiger charge is 2.31. The second-order valence-electron chi connectivity index (χ2n) is 11.9. The summed E-state index contributed by atoms with van der Waals surface area (Å²) in [5.74, 6) is 0.575. The molecule has 0 radical (unpaired) electrons. The minimum absolute atomic E-state index is 0.00822. The second kappa shape index (κ2) is 11.4. The fraction of sp³-hybridized carbons (Fsp3) is 0.355. The predicted molar refractivity (Wildman–Crippen MR) is 173 cm³/mol. The Hall–Kier alpha value is -4.98. The monoisotopic (exact) mass is 646 g/mol. The van der Waals surface area contributed by atoms with Crippen LogP contribution in [0.25, 0.3) is 10.9 Å². The molecule has 238 valence electrons. The molecule has 7 rings (SSSR count). The Balaban J connectivity index is 1.03. The molecule has 0 unspecified atom stereocenters. The number of hydrogen-bond acceptors (Lipinski definition) is 9. The molecule has 2 atom stereocenters.